The molecule has 0 saturated heterocycles. The zero-order chi connectivity index (χ0) is 18.5. The van der Waals surface area contributed by atoms with E-state index in [0.29, 0.717) is 17.6 Å². The number of hydrogen-bond donors (Lipinski definition) is 1. The molecule has 24 heavy (non-hydrogen) atoms. The molecule has 1 rings (SSSR count). The summed E-state index contributed by atoms with van der Waals surface area (Å²) < 4.78 is 10.8. The Balaban J connectivity index is 3.69. The normalized spacial score (nSPS) is 18.2. The van der Waals surface area contributed by atoms with Crippen LogP contribution >= 0.6 is 0 Å². The van der Waals surface area contributed by atoms with Crippen molar-refractivity contribution in [1.82, 2.24) is 0 Å². The van der Waals surface area contributed by atoms with Crippen LogP contribution in [0.2, 0.25) is 19.6 Å². The molecule has 5 heteroatoms. The number of carbonyl (C=O) groups excluding carboxylic acids is 1. The monoisotopic (exact) mass is 352 g/mol. The molecule has 0 radical (unpaired) electrons. The number of allylic oxidation sites excluding steroid dienone is 3. The Labute approximate surface area is 147 Å². The van der Waals surface area contributed by atoms with Crippen molar-refractivity contribution in [3.63, 3.8) is 0 Å². The fourth-order valence-corrected chi connectivity index (χ4v) is 5.10. The molecule has 136 valence electrons. The molecule has 0 amide bonds. The topological polar surface area (TPSA) is 55.8 Å². The molecule has 0 heterocycles. The number of hydrogen-bond acceptors (Lipinski definition) is 4. The van der Waals surface area contributed by atoms with Crippen LogP contribution in [0.4, 0.5) is 0 Å². The number of aliphatic hydroxyl groups excluding tert-OH is 1. The second-order valence-electron chi connectivity index (χ2n) is 7.18. The standard InChI is InChI=1S/C19H32O4Si/c1-8-10-12-13-16(20)15(14(11-9-2)24(5,6)7)19(23-4)17(21)18(13)22-3/h21H,8-12H2,1-7H3/b15-14-. The third kappa shape index (κ3) is 4.12. The van der Waals surface area contributed by atoms with E-state index < -0.39 is 8.07 Å². The predicted octanol–water partition coefficient (Wildman–Crippen LogP) is 5.05. The molecule has 1 aliphatic rings. The lowest BCUT2D eigenvalue weighted by Gasteiger charge is -2.29. The van der Waals surface area contributed by atoms with Gasteiger partial charge in [-0.3, -0.25) is 4.79 Å². The van der Waals surface area contributed by atoms with Gasteiger partial charge in [0.25, 0.3) is 0 Å². The zero-order valence-electron chi connectivity index (χ0n) is 16.2. The van der Waals surface area contributed by atoms with E-state index in [4.69, 9.17) is 9.47 Å². The van der Waals surface area contributed by atoms with E-state index in [9.17, 15) is 9.90 Å². The molecule has 4 nitrogen and oxygen atoms in total. The molecule has 0 aliphatic heterocycles. The summed E-state index contributed by atoms with van der Waals surface area (Å²) in [6, 6.07) is 0. The van der Waals surface area contributed by atoms with Crippen LogP contribution in [0.1, 0.15) is 46.0 Å². The van der Waals surface area contributed by atoms with E-state index in [-0.39, 0.29) is 23.1 Å². The quantitative estimate of drug-likeness (QED) is 0.490. The van der Waals surface area contributed by atoms with Crippen molar-refractivity contribution in [2.75, 3.05) is 14.2 Å². The molecule has 0 fully saturated rings. The van der Waals surface area contributed by atoms with Crippen LogP contribution < -0.4 is 0 Å². The highest BCUT2D eigenvalue weighted by Crippen LogP contribution is 2.38. The lowest BCUT2D eigenvalue weighted by molar-refractivity contribution is -0.113. The summed E-state index contributed by atoms with van der Waals surface area (Å²) in [4.78, 5) is 13.3. The highest BCUT2D eigenvalue weighted by atomic mass is 28.3. The molecular formula is C19H32O4Si. The largest absolute Gasteiger partial charge is 0.502 e. The summed E-state index contributed by atoms with van der Waals surface area (Å²) >= 11 is 0. The number of carbonyl (C=O) groups is 1. The number of ketones is 1. The maximum atomic E-state index is 13.3. The van der Waals surface area contributed by atoms with Gasteiger partial charge in [0.2, 0.25) is 5.76 Å². The van der Waals surface area contributed by atoms with Crippen LogP contribution in [-0.2, 0) is 14.3 Å². The van der Waals surface area contributed by atoms with E-state index in [0.717, 1.165) is 30.9 Å². The minimum atomic E-state index is -1.75. The van der Waals surface area contributed by atoms with Crippen molar-refractivity contribution in [3.05, 3.63) is 33.6 Å². The van der Waals surface area contributed by atoms with Gasteiger partial charge in [0.1, 0.15) is 0 Å². The first-order valence-corrected chi connectivity index (χ1v) is 12.3. The number of aliphatic hydroxyl groups is 1. The summed E-state index contributed by atoms with van der Waals surface area (Å²) in [5.41, 5.74) is 1.14. The van der Waals surface area contributed by atoms with Crippen LogP contribution in [0.5, 0.6) is 0 Å². The van der Waals surface area contributed by atoms with Gasteiger partial charge in [-0.15, -0.1) is 0 Å². The van der Waals surface area contributed by atoms with Gasteiger partial charge in [-0.25, -0.2) is 0 Å². The van der Waals surface area contributed by atoms with Crippen molar-refractivity contribution in [1.29, 1.82) is 0 Å². The fraction of sp³-hybridized carbons (Fsp3) is 0.632. The minimum absolute atomic E-state index is 0.0409. The van der Waals surface area contributed by atoms with Gasteiger partial charge in [0.05, 0.1) is 27.9 Å². The lowest BCUT2D eigenvalue weighted by Crippen LogP contribution is -2.31. The lowest BCUT2D eigenvalue weighted by atomic mass is 9.89. The summed E-state index contributed by atoms with van der Waals surface area (Å²) in [5, 5.41) is 11.8. The Kier molecular flexibility index (Phi) is 7.33. The summed E-state index contributed by atoms with van der Waals surface area (Å²) in [7, 11) is 1.23. The van der Waals surface area contributed by atoms with E-state index in [1.54, 1.807) is 0 Å². The Bertz CT molecular complexity index is 577. The average molecular weight is 353 g/mol. The Hall–Kier alpha value is -1.49. The molecule has 0 atom stereocenters. The smallest absolute Gasteiger partial charge is 0.201 e. The predicted molar refractivity (Wildman–Crippen MR) is 101 cm³/mol. The molecule has 0 unspecified atom stereocenters. The van der Waals surface area contributed by atoms with Crippen LogP contribution in [0.15, 0.2) is 33.6 Å². The Morgan fingerprint density at radius 2 is 1.62 bits per heavy atom. The molecule has 1 aliphatic carbocycles. The van der Waals surface area contributed by atoms with Gasteiger partial charge in [0, 0.05) is 5.57 Å². The second-order valence-corrected chi connectivity index (χ2v) is 12.3. The van der Waals surface area contributed by atoms with Crippen LogP contribution in [-0.4, -0.2) is 33.2 Å². The van der Waals surface area contributed by atoms with Gasteiger partial charge in [-0.05, 0) is 19.3 Å². The number of Topliss-reactive ketones (excluding diaryl/α,β-unsaturated/α-hetero) is 1. The van der Waals surface area contributed by atoms with E-state index in [1.807, 2.05) is 0 Å². The third-order valence-corrected chi connectivity index (χ3v) is 6.64. The molecule has 0 aromatic carbocycles. The molecular weight excluding hydrogens is 320 g/mol. The summed E-state index contributed by atoms with van der Waals surface area (Å²) in [6.07, 6.45) is 4.27. The van der Waals surface area contributed by atoms with Gasteiger partial charge in [0.15, 0.2) is 17.3 Å². The van der Waals surface area contributed by atoms with Crippen molar-refractivity contribution < 1.29 is 19.4 Å². The average Bonchev–Trinajstić information content (AvgIpc) is 2.52. The van der Waals surface area contributed by atoms with Crippen molar-refractivity contribution in [2.45, 2.75) is 65.6 Å². The van der Waals surface area contributed by atoms with Gasteiger partial charge in [-0.1, -0.05) is 51.5 Å². The third-order valence-electron chi connectivity index (χ3n) is 4.33. The minimum Gasteiger partial charge on any atom is -0.502 e. The summed E-state index contributed by atoms with van der Waals surface area (Å²) in [5.74, 6) is 0.442. The number of unbranched alkanes of at least 4 members (excludes halogenated alkanes) is 1. The van der Waals surface area contributed by atoms with Crippen LogP contribution in [0.3, 0.4) is 0 Å². The van der Waals surface area contributed by atoms with Gasteiger partial charge >= 0.3 is 0 Å². The molecule has 1 N–H and O–H groups in total. The molecule has 0 aromatic heterocycles. The van der Waals surface area contributed by atoms with Crippen molar-refractivity contribution in [2.24, 2.45) is 0 Å². The highest BCUT2D eigenvalue weighted by molar-refractivity contribution is 6.83. The maximum Gasteiger partial charge on any atom is 0.201 e. The molecule has 0 spiro atoms. The number of ether oxygens (including phenoxy) is 2. The zero-order valence-corrected chi connectivity index (χ0v) is 17.2. The number of methoxy groups -OCH3 is 2. The molecule has 0 aromatic rings. The van der Waals surface area contributed by atoms with Crippen LogP contribution in [0, 0.1) is 0 Å². The Morgan fingerprint density at radius 1 is 1.04 bits per heavy atom. The number of rotatable bonds is 8. The van der Waals surface area contributed by atoms with E-state index in [2.05, 4.69) is 33.5 Å². The Morgan fingerprint density at radius 3 is 2.04 bits per heavy atom. The van der Waals surface area contributed by atoms with Gasteiger partial charge in [-0.2, -0.15) is 0 Å². The van der Waals surface area contributed by atoms with E-state index in [1.165, 1.54) is 14.2 Å². The first-order valence-electron chi connectivity index (χ1n) is 8.77. The van der Waals surface area contributed by atoms with E-state index >= 15 is 0 Å². The molecule has 0 bridgehead atoms. The summed E-state index contributed by atoms with van der Waals surface area (Å²) in [6.45, 7) is 10.9. The van der Waals surface area contributed by atoms with Crippen LogP contribution in [0.25, 0.3) is 0 Å². The fourth-order valence-electron chi connectivity index (χ4n) is 3.12. The second kappa shape index (κ2) is 8.56. The van der Waals surface area contributed by atoms with Crippen molar-refractivity contribution in [3.8, 4) is 0 Å². The SMILES string of the molecule is CCCCC1=C(OC)C(O)=C(OC)/C(=C(/CCC)[Si](C)(C)C)C1=O. The molecule has 0 saturated carbocycles. The van der Waals surface area contributed by atoms with Gasteiger partial charge < -0.3 is 14.6 Å². The first-order chi connectivity index (χ1) is 11.2. The highest BCUT2D eigenvalue weighted by Gasteiger charge is 2.38. The maximum absolute atomic E-state index is 13.3. The first kappa shape index (κ1) is 20.6. The van der Waals surface area contributed by atoms with Crippen molar-refractivity contribution >= 4 is 13.9 Å².